The molecule has 4 nitrogen and oxygen atoms in total. The Hall–Kier alpha value is -0.590. The Balaban J connectivity index is 0.00000121. The van der Waals surface area contributed by atoms with E-state index in [4.69, 9.17) is 10.2 Å². The third kappa shape index (κ3) is 4.70. The second kappa shape index (κ2) is 8.89. The van der Waals surface area contributed by atoms with Crippen molar-refractivity contribution in [1.29, 1.82) is 0 Å². The van der Waals surface area contributed by atoms with Crippen LogP contribution in [-0.2, 0) is 6.54 Å². The predicted molar refractivity (Wildman–Crippen MR) is 96.0 cm³/mol. The fraction of sp³-hybridized carbons (Fsp3) is 0.533. The van der Waals surface area contributed by atoms with E-state index in [9.17, 15) is 0 Å². The van der Waals surface area contributed by atoms with Gasteiger partial charge in [-0.05, 0) is 43.7 Å². The van der Waals surface area contributed by atoms with Gasteiger partial charge in [-0.1, -0.05) is 6.07 Å². The summed E-state index contributed by atoms with van der Waals surface area (Å²) >= 11 is 1.65. The van der Waals surface area contributed by atoms with Gasteiger partial charge < -0.3 is 10.2 Å². The first kappa shape index (κ1) is 19.5. The van der Waals surface area contributed by atoms with Crippen molar-refractivity contribution < 1.29 is 4.42 Å². The monoisotopic (exact) mass is 363 g/mol. The molecule has 0 bridgehead atoms. The van der Waals surface area contributed by atoms with Gasteiger partial charge in [-0.3, -0.25) is 4.90 Å². The number of likely N-dealkylation sites (tertiary alicyclic amines) is 1. The van der Waals surface area contributed by atoms with Gasteiger partial charge in [0.2, 0.25) is 5.89 Å². The van der Waals surface area contributed by atoms with Crippen molar-refractivity contribution in [1.82, 2.24) is 9.88 Å². The van der Waals surface area contributed by atoms with Gasteiger partial charge in [-0.2, -0.15) is 0 Å². The normalized spacial score (nSPS) is 20.0. The molecule has 2 aromatic rings. The average molecular weight is 364 g/mol. The average Bonchev–Trinajstić information content (AvgIpc) is 3.09. The van der Waals surface area contributed by atoms with Crippen LogP contribution in [0.2, 0.25) is 0 Å². The van der Waals surface area contributed by atoms with E-state index in [1.807, 2.05) is 17.5 Å². The predicted octanol–water partition coefficient (Wildman–Crippen LogP) is 3.81. The van der Waals surface area contributed by atoms with Crippen molar-refractivity contribution in [3.05, 3.63) is 29.5 Å². The molecule has 0 saturated carbocycles. The van der Waals surface area contributed by atoms with Crippen LogP contribution in [0, 0.1) is 5.92 Å². The molecule has 3 heterocycles. The Morgan fingerprint density at radius 1 is 1.50 bits per heavy atom. The molecule has 2 N–H and O–H groups in total. The standard InChI is InChI=1S/C15H21N3OS.2ClH/c1-11(16)12-4-2-6-18(8-12)9-13-10-19-15(17-13)14-5-3-7-20-14;;/h3,5,7,10-12H,2,4,6,8-9,16H2,1H3;2*1H. The van der Waals surface area contributed by atoms with Crippen LogP contribution in [0.5, 0.6) is 0 Å². The lowest BCUT2D eigenvalue weighted by molar-refractivity contribution is 0.153. The van der Waals surface area contributed by atoms with Crippen LogP contribution in [0.3, 0.4) is 0 Å². The second-order valence-corrected chi connectivity index (χ2v) is 6.57. The van der Waals surface area contributed by atoms with Crippen molar-refractivity contribution in [3.8, 4) is 10.8 Å². The zero-order chi connectivity index (χ0) is 13.9. The molecule has 0 radical (unpaired) electrons. The molecular formula is C15H23Cl2N3OS. The van der Waals surface area contributed by atoms with E-state index >= 15 is 0 Å². The zero-order valence-corrected chi connectivity index (χ0v) is 15.1. The third-order valence-electron chi connectivity index (χ3n) is 3.95. The van der Waals surface area contributed by atoms with Crippen molar-refractivity contribution >= 4 is 36.2 Å². The first-order valence-electron chi connectivity index (χ1n) is 7.18. The lowest BCUT2D eigenvalue weighted by Gasteiger charge is -2.34. The number of nitrogens with zero attached hydrogens (tertiary/aromatic N) is 2. The highest BCUT2D eigenvalue weighted by atomic mass is 35.5. The van der Waals surface area contributed by atoms with Crippen LogP contribution in [-0.4, -0.2) is 29.0 Å². The molecule has 0 amide bonds. The maximum Gasteiger partial charge on any atom is 0.236 e. The van der Waals surface area contributed by atoms with Crippen molar-refractivity contribution in [2.24, 2.45) is 11.7 Å². The summed E-state index contributed by atoms with van der Waals surface area (Å²) in [6, 6.07) is 4.33. The number of nitrogens with two attached hydrogens (primary N) is 1. The van der Waals surface area contributed by atoms with Crippen LogP contribution >= 0.6 is 36.2 Å². The number of hydrogen-bond donors (Lipinski definition) is 1. The Kier molecular flexibility index (Phi) is 7.86. The molecule has 2 atom stereocenters. The van der Waals surface area contributed by atoms with E-state index in [1.54, 1.807) is 17.6 Å². The van der Waals surface area contributed by atoms with Gasteiger partial charge in [0.05, 0.1) is 10.6 Å². The van der Waals surface area contributed by atoms with Crippen LogP contribution in [0.4, 0.5) is 0 Å². The van der Waals surface area contributed by atoms with E-state index in [-0.39, 0.29) is 30.9 Å². The van der Waals surface area contributed by atoms with Crippen molar-refractivity contribution in [3.63, 3.8) is 0 Å². The summed E-state index contributed by atoms with van der Waals surface area (Å²) in [6.07, 6.45) is 4.25. The minimum Gasteiger partial charge on any atom is -0.444 e. The van der Waals surface area contributed by atoms with Crippen LogP contribution in [0.1, 0.15) is 25.5 Å². The fourth-order valence-electron chi connectivity index (χ4n) is 2.79. The lowest BCUT2D eigenvalue weighted by atomic mass is 9.92. The summed E-state index contributed by atoms with van der Waals surface area (Å²) in [6.45, 7) is 5.17. The summed E-state index contributed by atoms with van der Waals surface area (Å²) in [7, 11) is 0. The first-order valence-corrected chi connectivity index (χ1v) is 8.06. The highest BCUT2D eigenvalue weighted by Crippen LogP contribution is 2.25. The number of aromatic nitrogens is 1. The highest BCUT2D eigenvalue weighted by Gasteiger charge is 2.23. The SMILES string of the molecule is CC(N)C1CCCN(Cc2coc(-c3cccs3)n2)C1.Cl.Cl. The van der Waals surface area contributed by atoms with Gasteiger partial charge in [0.25, 0.3) is 0 Å². The molecule has 1 saturated heterocycles. The van der Waals surface area contributed by atoms with E-state index in [0.29, 0.717) is 5.92 Å². The van der Waals surface area contributed by atoms with E-state index in [1.165, 1.54) is 12.8 Å². The Morgan fingerprint density at radius 2 is 2.32 bits per heavy atom. The summed E-state index contributed by atoms with van der Waals surface area (Å²) < 4.78 is 5.57. The summed E-state index contributed by atoms with van der Waals surface area (Å²) in [5.74, 6) is 1.34. The molecule has 2 aromatic heterocycles. The quantitative estimate of drug-likeness (QED) is 0.897. The van der Waals surface area contributed by atoms with Gasteiger partial charge >= 0.3 is 0 Å². The van der Waals surface area contributed by atoms with Crippen molar-refractivity contribution in [2.75, 3.05) is 13.1 Å². The molecule has 1 aliphatic heterocycles. The molecule has 0 aliphatic carbocycles. The molecule has 0 spiro atoms. The van der Waals surface area contributed by atoms with Gasteiger partial charge in [-0.25, -0.2) is 4.98 Å². The third-order valence-corrected chi connectivity index (χ3v) is 4.81. The summed E-state index contributed by atoms with van der Waals surface area (Å²) in [5.41, 5.74) is 7.04. The smallest absolute Gasteiger partial charge is 0.236 e. The fourth-order valence-corrected chi connectivity index (χ4v) is 3.44. The first-order chi connectivity index (χ1) is 9.72. The molecule has 3 rings (SSSR count). The van der Waals surface area contributed by atoms with E-state index < -0.39 is 0 Å². The number of hydrogen-bond acceptors (Lipinski definition) is 5. The molecule has 22 heavy (non-hydrogen) atoms. The number of piperidine rings is 1. The molecule has 124 valence electrons. The zero-order valence-electron chi connectivity index (χ0n) is 12.6. The largest absolute Gasteiger partial charge is 0.444 e. The van der Waals surface area contributed by atoms with Gasteiger partial charge in [0.1, 0.15) is 6.26 Å². The van der Waals surface area contributed by atoms with Gasteiger partial charge in [0.15, 0.2) is 0 Å². The minimum atomic E-state index is 0. The lowest BCUT2D eigenvalue weighted by Crippen LogP contribution is -2.41. The molecular weight excluding hydrogens is 341 g/mol. The van der Waals surface area contributed by atoms with E-state index in [2.05, 4.69) is 16.8 Å². The Bertz CT molecular complexity index is 545. The number of rotatable bonds is 4. The highest BCUT2D eigenvalue weighted by molar-refractivity contribution is 7.13. The molecule has 1 fully saturated rings. The minimum absolute atomic E-state index is 0. The molecule has 1 aliphatic rings. The summed E-state index contributed by atoms with van der Waals surface area (Å²) in [5, 5.41) is 2.04. The van der Waals surface area contributed by atoms with Crippen LogP contribution in [0.25, 0.3) is 10.8 Å². The second-order valence-electron chi connectivity index (χ2n) is 5.62. The molecule has 0 aromatic carbocycles. The maximum atomic E-state index is 6.03. The van der Waals surface area contributed by atoms with E-state index in [0.717, 1.165) is 36.1 Å². The molecule has 2 unspecified atom stereocenters. The number of oxazole rings is 1. The number of halogens is 2. The Labute approximate surface area is 147 Å². The van der Waals surface area contributed by atoms with Crippen LogP contribution < -0.4 is 5.73 Å². The maximum absolute atomic E-state index is 6.03. The summed E-state index contributed by atoms with van der Waals surface area (Å²) in [4.78, 5) is 8.11. The number of thiophene rings is 1. The van der Waals surface area contributed by atoms with Crippen molar-refractivity contribution in [2.45, 2.75) is 32.4 Å². The van der Waals surface area contributed by atoms with Crippen LogP contribution in [0.15, 0.2) is 28.2 Å². The van der Waals surface area contributed by atoms with Gasteiger partial charge in [-0.15, -0.1) is 36.2 Å². The topological polar surface area (TPSA) is 55.3 Å². The molecule has 7 heteroatoms. The Morgan fingerprint density at radius 3 is 3.00 bits per heavy atom. The van der Waals surface area contributed by atoms with Gasteiger partial charge in [0, 0.05) is 19.1 Å².